The van der Waals surface area contributed by atoms with Crippen LogP contribution in [-0.4, -0.2) is 22.0 Å². The lowest BCUT2D eigenvalue weighted by atomic mass is 10.1. The molecule has 0 unspecified atom stereocenters. The highest BCUT2D eigenvalue weighted by atomic mass is 19.4. The summed E-state index contributed by atoms with van der Waals surface area (Å²) in [5.41, 5.74) is -1.69. The molecule has 0 spiro atoms. The molecule has 3 rings (SSSR count). The second-order valence-electron chi connectivity index (χ2n) is 6.12. The lowest BCUT2D eigenvalue weighted by Crippen LogP contribution is -2.30. The number of hydrogen-bond acceptors (Lipinski definition) is 3. The molecule has 9 heteroatoms. The van der Waals surface area contributed by atoms with Crippen LogP contribution < -0.4 is 10.7 Å². The average Bonchev–Trinajstić information content (AvgIpc) is 2.63. The zero-order valence-electron chi connectivity index (χ0n) is 14.7. The average molecular weight is 393 g/mol. The van der Waals surface area contributed by atoms with Gasteiger partial charge in [0, 0.05) is 36.4 Å². The van der Waals surface area contributed by atoms with Crippen LogP contribution in [0.1, 0.15) is 21.7 Å². The van der Waals surface area contributed by atoms with Crippen LogP contribution in [0.2, 0.25) is 0 Å². The van der Waals surface area contributed by atoms with E-state index in [1.54, 1.807) is 13.0 Å². The maximum absolute atomic E-state index is 14.3. The van der Waals surface area contributed by atoms with E-state index < -0.39 is 34.5 Å². The normalized spacial score (nSPS) is 11.6. The highest BCUT2D eigenvalue weighted by Crippen LogP contribution is 2.31. The molecule has 0 aliphatic carbocycles. The maximum Gasteiger partial charge on any atom is 0.431 e. The van der Waals surface area contributed by atoms with Crippen molar-refractivity contribution in [1.29, 1.82) is 0 Å². The number of benzene rings is 1. The number of halogens is 4. The van der Waals surface area contributed by atoms with Crippen LogP contribution in [-0.2, 0) is 12.7 Å². The summed E-state index contributed by atoms with van der Waals surface area (Å²) in [6.45, 7) is 1.16. The molecule has 0 saturated heterocycles. The Kier molecular flexibility index (Phi) is 5.17. The number of nitrogens with zero attached hydrogens (tertiary/aromatic N) is 2. The van der Waals surface area contributed by atoms with E-state index in [1.165, 1.54) is 24.4 Å². The topological polar surface area (TPSA) is 64.0 Å². The predicted octanol–water partition coefficient (Wildman–Crippen LogP) is 3.29. The largest absolute Gasteiger partial charge is 0.431 e. The van der Waals surface area contributed by atoms with Gasteiger partial charge >= 0.3 is 6.18 Å². The number of nitrogens with one attached hydrogen (secondary N) is 1. The van der Waals surface area contributed by atoms with Crippen molar-refractivity contribution in [3.8, 4) is 0 Å². The van der Waals surface area contributed by atoms with Crippen molar-refractivity contribution >= 4 is 16.8 Å². The molecular formula is C19H15F4N3O2. The second-order valence-corrected chi connectivity index (χ2v) is 6.12. The number of rotatable bonds is 4. The third kappa shape index (κ3) is 3.88. The molecule has 2 heterocycles. The van der Waals surface area contributed by atoms with Gasteiger partial charge in [0.2, 0.25) is 0 Å². The summed E-state index contributed by atoms with van der Waals surface area (Å²) >= 11 is 0. The van der Waals surface area contributed by atoms with Crippen LogP contribution in [0.5, 0.6) is 0 Å². The number of fused-ring (bicyclic) bond motifs is 1. The van der Waals surface area contributed by atoms with Gasteiger partial charge in [-0.1, -0.05) is 6.07 Å². The van der Waals surface area contributed by atoms with Gasteiger partial charge in [0.15, 0.2) is 5.43 Å². The molecule has 0 fully saturated rings. The first-order valence-electron chi connectivity index (χ1n) is 8.28. The number of hydrogen-bond donors (Lipinski definition) is 1. The zero-order valence-corrected chi connectivity index (χ0v) is 14.7. The molecule has 1 amide bonds. The van der Waals surface area contributed by atoms with E-state index >= 15 is 0 Å². The minimum atomic E-state index is -4.86. The van der Waals surface area contributed by atoms with Crippen LogP contribution in [0, 0.1) is 12.7 Å². The van der Waals surface area contributed by atoms with Crippen molar-refractivity contribution in [3.63, 3.8) is 0 Å². The SMILES string of the molecule is Cc1ccc(C(=O)NCCn2c(C(F)(F)F)cc(=O)c3cccc(F)c32)cn1. The Balaban J connectivity index is 1.93. The Bertz CT molecular complexity index is 1090. The Morgan fingerprint density at radius 3 is 2.61 bits per heavy atom. The fraction of sp³-hybridized carbons (Fsp3) is 0.211. The van der Waals surface area contributed by atoms with Crippen molar-refractivity contribution in [2.45, 2.75) is 19.6 Å². The minimum absolute atomic E-state index is 0.165. The molecule has 1 aromatic carbocycles. The van der Waals surface area contributed by atoms with Crippen LogP contribution in [0.15, 0.2) is 47.4 Å². The Labute approximate surface area is 156 Å². The summed E-state index contributed by atoms with van der Waals surface area (Å²) in [4.78, 5) is 28.1. The summed E-state index contributed by atoms with van der Waals surface area (Å²) in [5, 5.41) is 2.31. The lowest BCUT2D eigenvalue weighted by molar-refractivity contribution is -0.143. The molecule has 1 N–H and O–H groups in total. The van der Waals surface area contributed by atoms with Crippen LogP contribution in [0.25, 0.3) is 10.9 Å². The minimum Gasteiger partial charge on any atom is -0.350 e. The van der Waals surface area contributed by atoms with Gasteiger partial charge in [-0.3, -0.25) is 14.6 Å². The molecule has 146 valence electrons. The van der Waals surface area contributed by atoms with Gasteiger partial charge in [-0.2, -0.15) is 13.2 Å². The lowest BCUT2D eigenvalue weighted by Gasteiger charge is -2.19. The Morgan fingerprint density at radius 1 is 1.21 bits per heavy atom. The first-order valence-corrected chi connectivity index (χ1v) is 8.28. The third-order valence-corrected chi connectivity index (χ3v) is 4.17. The monoisotopic (exact) mass is 393 g/mol. The maximum atomic E-state index is 14.3. The standard InChI is InChI=1S/C19H15F4N3O2/c1-11-5-6-12(10-25-11)18(28)24-7-8-26-16(19(21,22)23)9-15(27)13-3-2-4-14(20)17(13)26/h2-6,9-10H,7-8H2,1H3,(H,24,28). The number of aromatic nitrogens is 2. The molecule has 0 aliphatic heterocycles. The predicted molar refractivity (Wildman–Crippen MR) is 94.5 cm³/mol. The molecule has 0 bridgehead atoms. The van der Waals surface area contributed by atoms with E-state index in [-0.39, 0.29) is 24.0 Å². The number of aryl methyl sites for hydroxylation is 1. The quantitative estimate of drug-likeness (QED) is 0.692. The van der Waals surface area contributed by atoms with Gasteiger partial charge in [0.05, 0.1) is 11.1 Å². The van der Waals surface area contributed by atoms with Gasteiger partial charge in [-0.05, 0) is 31.2 Å². The van der Waals surface area contributed by atoms with E-state index in [4.69, 9.17) is 0 Å². The number of carbonyl (C=O) groups is 1. The van der Waals surface area contributed by atoms with Gasteiger partial charge in [0.25, 0.3) is 5.91 Å². The first-order chi connectivity index (χ1) is 13.2. The van der Waals surface area contributed by atoms with Crippen LogP contribution >= 0.6 is 0 Å². The van der Waals surface area contributed by atoms with E-state index in [1.807, 2.05) is 0 Å². The molecule has 0 aliphatic rings. The molecule has 0 radical (unpaired) electrons. The molecular weight excluding hydrogens is 378 g/mol. The molecule has 3 aromatic rings. The first kappa shape index (κ1) is 19.5. The van der Waals surface area contributed by atoms with Gasteiger partial charge < -0.3 is 9.88 Å². The van der Waals surface area contributed by atoms with Gasteiger partial charge in [0.1, 0.15) is 11.5 Å². The van der Waals surface area contributed by atoms with E-state index in [9.17, 15) is 27.2 Å². The number of para-hydroxylation sites is 1. The molecule has 2 aromatic heterocycles. The molecule has 28 heavy (non-hydrogen) atoms. The van der Waals surface area contributed by atoms with Crippen molar-refractivity contribution in [3.05, 3.63) is 75.6 Å². The van der Waals surface area contributed by atoms with Crippen molar-refractivity contribution < 1.29 is 22.4 Å². The van der Waals surface area contributed by atoms with E-state index in [2.05, 4.69) is 10.3 Å². The molecule has 0 atom stereocenters. The van der Waals surface area contributed by atoms with Crippen molar-refractivity contribution in [2.24, 2.45) is 0 Å². The summed E-state index contributed by atoms with van der Waals surface area (Å²) in [7, 11) is 0. The fourth-order valence-corrected chi connectivity index (χ4v) is 2.84. The Morgan fingerprint density at radius 2 is 1.96 bits per heavy atom. The van der Waals surface area contributed by atoms with E-state index in [0.29, 0.717) is 16.3 Å². The van der Waals surface area contributed by atoms with Crippen LogP contribution in [0.3, 0.4) is 0 Å². The highest BCUT2D eigenvalue weighted by Gasteiger charge is 2.35. The second kappa shape index (κ2) is 7.41. The molecule has 0 saturated carbocycles. The van der Waals surface area contributed by atoms with Gasteiger partial charge in [-0.25, -0.2) is 4.39 Å². The number of pyridine rings is 2. The third-order valence-electron chi connectivity index (χ3n) is 4.17. The number of carbonyl (C=O) groups excluding carboxylic acids is 1. The Hall–Kier alpha value is -3.23. The van der Waals surface area contributed by atoms with Gasteiger partial charge in [-0.15, -0.1) is 0 Å². The van der Waals surface area contributed by atoms with Crippen molar-refractivity contribution in [1.82, 2.24) is 14.9 Å². The van der Waals surface area contributed by atoms with E-state index in [0.717, 1.165) is 6.07 Å². The summed E-state index contributed by atoms with van der Waals surface area (Å²) in [5.74, 6) is -1.47. The summed E-state index contributed by atoms with van der Waals surface area (Å²) in [6, 6.07) is 7.09. The number of amides is 1. The van der Waals surface area contributed by atoms with Crippen LogP contribution in [0.4, 0.5) is 17.6 Å². The fourth-order valence-electron chi connectivity index (χ4n) is 2.84. The summed E-state index contributed by atoms with van der Waals surface area (Å²) in [6.07, 6.45) is -3.51. The summed E-state index contributed by atoms with van der Waals surface area (Å²) < 4.78 is 55.1. The smallest absolute Gasteiger partial charge is 0.350 e. The molecule has 5 nitrogen and oxygen atoms in total. The van der Waals surface area contributed by atoms with Crippen molar-refractivity contribution in [2.75, 3.05) is 6.54 Å². The zero-order chi connectivity index (χ0) is 20.5. The highest BCUT2D eigenvalue weighted by molar-refractivity contribution is 5.93. The number of alkyl halides is 3.